The van der Waals surface area contributed by atoms with E-state index in [-0.39, 0.29) is 12.0 Å². The van der Waals surface area contributed by atoms with Crippen LogP contribution in [0.1, 0.15) is 23.0 Å². The van der Waals surface area contributed by atoms with Crippen LogP contribution in [0.5, 0.6) is 0 Å². The largest absolute Gasteiger partial charge is 0.431 e. The van der Waals surface area contributed by atoms with Crippen LogP contribution >= 0.6 is 0 Å². The molecule has 0 N–H and O–H groups in total. The number of pyridine rings is 2. The van der Waals surface area contributed by atoms with E-state index < -0.39 is 12.3 Å². The summed E-state index contributed by atoms with van der Waals surface area (Å²) < 4.78 is 12.0. The van der Waals surface area contributed by atoms with Gasteiger partial charge < -0.3 is 14.0 Å². The minimum Gasteiger partial charge on any atom is -0.431 e. The fraction of sp³-hybridized carbons (Fsp3) is 0.211. The lowest BCUT2D eigenvalue weighted by molar-refractivity contribution is -0.178. The number of carbonyl (C=O) groups is 1. The molecule has 124 valence electrons. The van der Waals surface area contributed by atoms with Gasteiger partial charge in [0, 0.05) is 18.1 Å². The second-order valence-corrected chi connectivity index (χ2v) is 6.28. The summed E-state index contributed by atoms with van der Waals surface area (Å²) in [6.07, 6.45) is -0.876. The van der Waals surface area contributed by atoms with Gasteiger partial charge in [0.25, 0.3) is 5.56 Å². The Balaban J connectivity index is 1.77. The molecule has 1 aromatic carbocycles. The third kappa shape index (κ3) is 1.97. The molecule has 5 rings (SSSR count). The maximum Gasteiger partial charge on any atom is 0.312 e. The summed E-state index contributed by atoms with van der Waals surface area (Å²) in [5.41, 5.74) is 4.30. The number of esters is 1. The van der Waals surface area contributed by atoms with E-state index in [1.54, 1.807) is 4.57 Å². The molecule has 2 aliphatic heterocycles. The van der Waals surface area contributed by atoms with Crippen molar-refractivity contribution < 1.29 is 14.3 Å². The van der Waals surface area contributed by atoms with Gasteiger partial charge in [-0.2, -0.15) is 0 Å². The summed E-state index contributed by atoms with van der Waals surface area (Å²) in [5, 5.41) is 1.04. The molecule has 6 heteroatoms. The molecule has 25 heavy (non-hydrogen) atoms. The van der Waals surface area contributed by atoms with E-state index in [1.165, 1.54) is 7.11 Å². The van der Waals surface area contributed by atoms with Crippen molar-refractivity contribution >= 4 is 16.9 Å². The summed E-state index contributed by atoms with van der Waals surface area (Å²) >= 11 is 0. The maximum absolute atomic E-state index is 13.0. The molecule has 0 spiro atoms. The van der Waals surface area contributed by atoms with Crippen LogP contribution in [-0.2, 0) is 27.2 Å². The van der Waals surface area contributed by atoms with Gasteiger partial charge in [0.1, 0.15) is 0 Å². The monoisotopic (exact) mass is 334 g/mol. The maximum atomic E-state index is 13.0. The molecule has 0 bridgehead atoms. The Kier molecular flexibility index (Phi) is 2.87. The minimum absolute atomic E-state index is 0.0706. The van der Waals surface area contributed by atoms with Gasteiger partial charge in [-0.15, -0.1) is 0 Å². The molecule has 0 fully saturated rings. The summed E-state index contributed by atoms with van der Waals surface area (Å²) in [4.78, 5) is 29.5. The third-order valence-corrected chi connectivity index (χ3v) is 4.82. The van der Waals surface area contributed by atoms with E-state index in [4.69, 9.17) is 14.5 Å². The van der Waals surface area contributed by atoms with Crippen molar-refractivity contribution in [1.29, 1.82) is 0 Å². The Labute approximate surface area is 142 Å². The van der Waals surface area contributed by atoms with Crippen molar-refractivity contribution in [3.8, 4) is 11.4 Å². The fourth-order valence-electron chi connectivity index (χ4n) is 3.68. The molecule has 3 aromatic rings. The highest BCUT2D eigenvalue weighted by molar-refractivity contribution is 5.84. The van der Waals surface area contributed by atoms with Crippen LogP contribution in [-0.4, -0.2) is 22.6 Å². The molecule has 0 saturated heterocycles. The zero-order chi connectivity index (χ0) is 17.1. The number of rotatable bonds is 1. The molecule has 2 aromatic heterocycles. The predicted octanol–water partition coefficient (Wildman–Crippen LogP) is 2.17. The Hall–Kier alpha value is -2.99. The van der Waals surface area contributed by atoms with Crippen LogP contribution in [0.4, 0.5) is 0 Å². The lowest BCUT2D eigenvalue weighted by atomic mass is 10.0. The van der Waals surface area contributed by atoms with Gasteiger partial charge in [-0.3, -0.25) is 9.59 Å². The number of hydrogen-bond donors (Lipinski definition) is 0. The van der Waals surface area contributed by atoms with Gasteiger partial charge in [0.2, 0.25) is 6.29 Å². The van der Waals surface area contributed by atoms with Crippen LogP contribution < -0.4 is 5.56 Å². The smallest absolute Gasteiger partial charge is 0.312 e. The van der Waals surface area contributed by atoms with Gasteiger partial charge >= 0.3 is 5.97 Å². The number of fused-ring (bicyclic) bond motifs is 5. The molecular formula is C19H14N2O4. The Morgan fingerprint density at radius 2 is 2.04 bits per heavy atom. The van der Waals surface area contributed by atoms with Gasteiger partial charge in [0.15, 0.2) is 0 Å². The second-order valence-electron chi connectivity index (χ2n) is 6.28. The number of methoxy groups -OCH3 is 1. The van der Waals surface area contributed by atoms with E-state index in [1.807, 2.05) is 30.3 Å². The fourth-order valence-corrected chi connectivity index (χ4v) is 3.68. The summed E-state index contributed by atoms with van der Waals surface area (Å²) in [5.74, 6) is -0.395. The average molecular weight is 334 g/mol. The van der Waals surface area contributed by atoms with E-state index in [0.717, 1.165) is 27.9 Å². The molecule has 0 amide bonds. The van der Waals surface area contributed by atoms with Crippen molar-refractivity contribution in [1.82, 2.24) is 9.55 Å². The number of hydrogen-bond acceptors (Lipinski definition) is 5. The quantitative estimate of drug-likeness (QED) is 0.499. The minimum atomic E-state index is -0.947. The number of benzene rings is 1. The Bertz CT molecular complexity index is 1120. The van der Waals surface area contributed by atoms with E-state index in [0.29, 0.717) is 17.7 Å². The Morgan fingerprint density at radius 3 is 2.88 bits per heavy atom. The van der Waals surface area contributed by atoms with Crippen molar-refractivity contribution in [2.24, 2.45) is 0 Å². The number of carbonyl (C=O) groups excluding carboxylic acids is 1. The van der Waals surface area contributed by atoms with Crippen LogP contribution in [0, 0.1) is 0 Å². The third-order valence-electron chi connectivity index (χ3n) is 4.82. The first-order chi connectivity index (χ1) is 12.2. The zero-order valence-electron chi connectivity index (χ0n) is 13.5. The van der Waals surface area contributed by atoms with Gasteiger partial charge in [0.05, 0.1) is 35.4 Å². The first-order valence-electron chi connectivity index (χ1n) is 8.03. The van der Waals surface area contributed by atoms with E-state index in [2.05, 4.69) is 6.07 Å². The molecule has 6 nitrogen and oxygen atoms in total. The lowest BCUT2D eigenvalue weighted by Gasteiger charge is -2.24. The highest BCUT2D eigenvalue weighted by Gasteiger charge is 2.33. The molecule has 0 radical (unpaired) electrons. The zero-order valence-corrected chi connectivity index (χ0v) is 13.5. The molecule has 4 heterocycles. The number of ether oxygens (including phenoxy) is 2. The average Bonchev–Trinajstić information content (AvgIpc) is 2.97. The van der Waals surface area contributed by atoms with Gasteiger partial charge in [-0.25, -0.2) is 4.98 Å². The van der Waals surface area contributed by atoms with E-state index >= 15 is 0 Å². The molecule has 0 aliphatic carbocycles. The van der Waals surface area contributed by atoms with Crippen molar-refractivity contribution in [2.75, 3.05) is 7.11 Å². The van der Waals surface area contributed by atoms with Crippen LogP contribution in [0.3, 0.4) is 0 Å². The summed E-state index contributed by atoms with van der Waals surface area (Å²) in [6.45, 7) is 0.457. The first kappa shape index (κ1) is 14.4. The van der Waals surface area contributed by atoms with Crippen molar-refractivity contribution in [3.05, 3.63) is 63.4 Å². The number of para-hydroxylation sites is 1. The summed E-state index contributed by atoms with van der Waals surface area (Å²) in [7, 11) is 1.42. The number of cyclic esters (lactones) is 1. The van der Waals surface area contributed by atoms with Crippen molar-refractivity contribution in [2.45, 2.75) is 19.3 Å². The van der Waals surface area contributed by atoms with Gasteiger partial charge in [-0.05, 0) is 23.8 Å². The van der Waals surface area contributed by atoms with E-state index in [9.17, 15) is 9.59 Å². The molecule has 1 atom stereocenters. The highest BCUT2D eigenvalue weighted by Crippen LogP contribution is 2.35. The lowest BCUT2D eigenvalue weighted by Crippen LogP contribution is -2.33. The van der Waals surface area contributed by atoms with Gasteiger partial charge in [-0.1, -0.05) is 18.2 Å². The molecule has 2 aliphatic rings. The Morgan fingerprint density at radius 1 is 1.20 bits per heavy atom. The van der Waals surface area contributed by atoms with Crippen molar-refractivity contribution in [3.63, 3.8) is 0 Å². The first-order valence-corrected chi connectivity index (χ1v) is 8.03. The standard InChI is InChI=1S/C19H14N2O4/c1-24-19-16-11(8-15(22)25-19)7-14-17-12(9-21(14)18(16)23)6-10-4-2-3-5-13(10)20-17/h2-7,19H,8-9H2,1H3. The number of nitrogens with zero attached hydrogens (tertiary/aromatic N) is 2. The molecule has 0 saturated carbocycles. The normalized spacial score (nSPS) is 17.8. The highest BCUT2D eigenvalue weighted by atomic mass is 16.7. The summed E-state index contributed by atoms with van der Waals surface area (Å²) in [6, 6.07) is 11.8. The second kappa shape index (κ2) is 5.00. The SMILES string of the molecule is COC1OC(=O)Cc2cc3n(c(=O)c21)Cc1cc2ccccc2nc1-3. The van der Waals surface area contributed by atoms with Crippen LogP contribution in [0.2, 0.25) is 0 Å². The van der Waals surface area contributed by atoms with Crippen LogP contribution in [0.25, 0.3) is 22.3 Å². The topological polar surface area (TPSA) is 70.4 Å². The molecule has 1 unspecified atom stereocenters. The predicted molar refractivity (Wildman–Crippen MR) is 90.1 cm³/mol. The number of aromatic nitrogens is 2. The van der Waals surface area contributed by atoms with Crippen LogP contribution in [0.15, 0.2) is 41.2 Å². The molecular weight excluding hydrogens is 320 g/mol.